The van der Waals surface area contributed by atoms with Crippen LogP contribution in [-0.2, 0) is 32.5 Å². The fourth-order valence-electron chi connectivity index (χ4n) is 4.07. The highest BCUT2D eigenvalue weighted by Gasteiger charge is 2.26. The van der Waals surface area contributed by atoms with Crippen LogP contribution in [0, 0.1) is 13.8 Å². The van der Waals surface area contributed by atoms with E-state index in [4.69, 9.17) is 9.47 Å². The van der Waals surface area contributed by atoms with Crippen LogP contribution in [0.25, 0.3) is 0 Å². The third-order valence-corrected chi connectivity index (χ3v) is 7.21. The van der Waals surface area contributed by atoms with Crippen LogP contribution >= 0.6 is 0 Å². The maximum atomic E-state index is 12.8. The number of Topliss-reactive ketones (excluding diaryl/α,β-unsaturated/α-hetero) is 1. The Balaban J connectivity index is 1.36. The molecule has 0 amide bonds. The zero-order valence-electron chi connectivity index (χ0n) is 19.9. The molecule has 3 heterocycles. The summed E-state index contributed by atoms with van der Waals surface area (Å²) in [6, 6.07) is 9.70. The van der Waals surface area contributed by atoms with Gasteiger partial charge in [0.1, 0.15) is 11.6 Å². The number of ketones is 1. The highest BCUT2D eigenvalue weighted by Crippen LogP contribution is 2.20. The number of ether oxygens (including phenoxy) is 2. The number of aromatic nitrogens is 1. The number of nitrogens with zero attached hydrogens (tertiary/aromatic N) is 3. The first-order chi connectivity index (χ1) is 16.7. The van der Waals surface area contributed by atoms with Gasteiger partial charge < -0.3 is 18.9 Å². The molecule has 0 unspecified atom stereocenters. The number of sulfonamides is 1. The summed E-state index contributed by atoms with van der Waals surface area (Å²) >= 11 is 0. The van der Waals surface area contributed by atoms with Crippen LogP contribution in [0.1, 0.15) is 27.3 Å². The van der Waals surface area contributed by atoms with E-state index in [1.165, 1.54) is 18.4 Å². The molecule has 184 valence electrons. The highest BCUT2D eigenvalue weighted by molar-refractivity contribution is 7.90. The van der Waals surface area contributed by atoms with Crippen LogP contribution in [-0.4, -0.2) is 61.5 Å². The SMILES string of the molecule is COc1ccc(CCn2c(C)cc(C(=O)COC(=O)C3=CN4CCS(=O)(=O)N=C4C=C3)c2C)cc1. The van der Waals surface area contributed by atoms with Gasteiger partial charge in [0.25, 0.3) is 10.0 Å². The molecule has 1 aromatic carbocycles. The van der Waals surface area contributed by atoms with Crippen LogP contribution in [0.5, 0.6) is 5.75 Å². The maximum Gasteiger partial charge on any atom is 0.340 e. The van der Waals surface area contributed by atoms with Crippen molar-refractivity contribution in [2.24, 2.45) is 4.40 Å². The first-order valence-corrected chi connectivity index (χ1v) is 12.8. The third-order valence-electron chi connectivity index (χ3n) is 6.05. The summed E-state index contributed by atoms with van der Waals surface area (Å²) in [7, 11) is -1.84. The molecule has 10 heteroatoms. The number of methoxy groups -OCH3 is 1. The fourth-order valence-corrected chi connectivity index (χ4v) is 5.04. The summed E-state index contributed by atoms with van der Waals surface area (Å²) in [5, 5.41) is 0. The summed E-state index contributed by atoms with van der Waals surface area (Å²) in [5.74, 6) is -0.00735. The van der Waals surface area contributed by atoms with Crippen LogP contribution in [0.4, 0.5) is 0 Å². The Kier molecular flexibility index (Phi) is 6.93. The van der Waals surface area contributed by atoms with E-state index in [9.17, 15) is 18.0 Å². The van der Waals surface area contributed by atoms with Gasteiger partial charge in [0.05, 0.1) is 18.4 Å². The van der Waals surface area contributed by atoms with Crippen molar-refractivity contribution in [1.82, 2.24) is 9.47 Å². The number of carbonyl (C=O) groups is 2. The Morgan fingerprint density at radius 3 is 2.57 bits per heavy atom. The summed E-state index contributed by atoms with van der Waals surface area (Å²) in [6.07, 6.45) is 5.18. The van der Waals surface area contributed by atoms with Crippen molar-refractivity contribution in [1.29, 1.82) is 0 Å². The Morgan fingerprint density at radius 1 is 1.11 bits per heavy atom. The second kappa shape index (κ2) is 9.91. The predicted molar refractivity (Wildman–Crippen MR) is 131 cm³/mol. The average molecular weight is 498 g/mol. The third kappa shape index (κ3) is 5.54. The molecular formula is C25H27N3O6S. The average Bonchev–Trinajstić information content (AvgIpc) is 3.13. The standard InChI is InChI=1S/C25H27N3O6S/c1-17-14-22(18(2)28(17)11-10-19-4-7-21(33-3)8-5-19)23(29)16-34-25(30)20-6-9-24-26-35(31,32)13-12-27(24)15-20/h4-9,14-15H,10-13,16H2,1-3H3. The number of aryl methyl sites for hydroxylation is 2. The van der Waals surface area contributed by atoms with E-state index in [2.05, 4.69) is 8.96 Å². The molecule has 9 nitrogen and oxygen atoms in total. The maximum absolute atomic E-state index is 12.8. The smallest absolute Gasteiger partial charge is 0.340 e. The van der Waals surface area contributed by atoms with Gasteiger partial charge in [-0.25, -0.2) is 13.2 Å². The van der Waals surface area contributed by atoms with Crippen LogP contribution in [0.3, 0.4) is 0 Å². The fraction of sp³-hybridized carbons (Fsp3) is 0.320. The molecule has 0 bridgehead atoms. The van der Waals surface area contributed by atoms with Gasteiger partial charge in [0, 0.05) is 36.2 Å². The number of hydrogen-bond acceptors (Lipinski definition) is 7. The van der Waals surface area contributed by atoms with E-state index < -0.39 is 16.0 Å². The molecule has 2 aliphatic heterocycles. The van der Waals surface area contributed by atoms with Crippen LogP contribution in [0.2, 0.25) is 0 Å². The molecule has 35 heavy (non-hydrogen) atoms. The van der Waals surface area contributed by atoms with Crippen LogP contribution < -0.4 is 4.74 Å². The zero-order chi connectivity index (χ0) is 25.2. The van der Waals surface area contributed by atoms with Crippen molar-refractivity contribution in [2.45, 2.75) is 26.8 Å². The first-order valence-electron chi connectivity index (χ1n) is 11.2. The Morgan fingerprint density at radius 2 is 1.86 bits per heavy atom. The van der Waals surface area contributed by atoms with E-state index in [0.717, 1.165) is 29.1 Å². The van der Waals surface area contributed by atoms with Gasteiger partial charge in [-0.05, 0) is 56.2 Å². The van der Waals surface area contributed by atoms with Gasteiger partial charge in [-0.15, -0.1) is 4.40 Å². The molecular weight excluding hydrogens is 470 g/mol. The molecule has 0 atom stereocenters. The minimum Gasteiger partial charge on any atom is -0.497 e. The number of fused-ring (bicyclic) bond motifs is 1. The second-order valence-corrected chi connectivity index (χ2v) is 10.1. The molecule has 0 fully saturated rings. The number of carbonyl (C=O) groups excluding carboxylic acids is 2. The topological polar surface area (TPSA) is 107 Å². The Bertz CT molecular complexity index is 1350. The normalized spacial score (nSPS) is 16.3. The molecule has 0 saturated carbocycles. The first kappa shape index (κ1) is 24.5. The Labute approximate surface area is 204 Å². The van der Waals surface area contributed by atoms with Gasteiger partial charge >= 0.3 is 5.97 Å². The number of esters is 1. The van der Waals surface area contributed by atoms with Gasteiger partial charge in [0.2, 0.25) is 5.78 Å². The molecule has 0 N–H and O–H groups in total. The summed E-state index contributed by atoms with van der Waals surface area (Å²) in [4.78, 5) is 26.9. The highest BCUT2D eigenvalue weighted by atomic mass is 32.2. The van der Waals surface area contributed by atoms with Gasteiger partial charge in [-0.2, -0.15) is 0 Å². The zero-order valence-corrected chi connectivity index (χ0v) is 20.7. The summed E-state index contributed by atoms with van der Waals surface area (Å²) in [5.41, 5.74) is 3.68. The van der Waals surface area contributed by atoms with Gasteiger partial charge in [-0.1, -0.05) is 12.1 Å². The predicted octanol–water partition coefficient (Wildman–Crippen LogP) is 2.58. The van der Waals surface area contributed by atoms with Gasteiger partial charge in [0.15, 0.2) is 6.61 Å². The molecule has 0 aliphatic carbocycles. The molecule has 0 radical (unpaired) electrons. The molecule has 1 aromatic heterocycles. The van der Waals surface area contributed by atoms with E-state index in [-0.39, 0.29) is 36.1 Å². The monoisotopic (exact) mass is 497 g/mol. The van der Waals surface area contributed by atoms with Crippen LogP contribution in [0.15, 0.2) is 58.7 Å². The van der Waals surface area contributed by atoms with E-state index in [1.807, 2.05) is 44.2 Å². The molecule has 2 aliphatic rings. The Hall–Kier alpha value is -3.66. The minimum atomic E-state index is -3.47. The van der Waals surface area contributed by atoms with E-state index >= 15 is 0 Å². The lowest BCUT2D eigenvalue weighted by molar-refractivity contribution is -0.137. The van der Waals surface area contributed by atoms with Gasteiger partial charge in [-0.3, -0.25) is 4.79 Å². The van der Waals surface area contributed by atoms with Crippen molar-refractivity contribution in [3.8, 4) is 5.75 Å². The molecule has 2 aromatic rings. The van der Waals surface area contributed by atoms with E-state index in [1.54, 1.807) is 12.0 Å². The number of hydrogen-bond donors (Lipinski definition) is 0. The lowest BCUT2D eigenvalue weighted by Crippen LogP contribution is -2.37. The molecule has 4 rings (SSSR count). The lowest BCUT2D eigenvalue weighted by atomic mass is 10.1. The van der Waals surface area contributed by atoms with Crippen molar-refractivity contribution < 1.29 is 27.5 Å². The number of benzene rings is 1. The minimum absolute atomic E-state index is 0.129. The molecule has 0 spiro atoms. The lowest BCUT2D eigenvalue weighted by Gasteiger charge is -2.26. The number of amidine groups is 1. The van der Waals surface area contributed by atoms with Crippen molar-refractivity contribution in [3.63, 3.8) is 0 Å². The summed E-state index contributed by atoms with van der Waals surface area (Å²) in [6.45, 7) is 4.35. The summed E-state index contributed by atoms with van der Waals surface area (Å²) < 4.78 is 39.4. The van der Waals surface area contributed by atoms with Crippen molar-refractivity contribution in [3.05, 3.63) is 76.8 Å². The largest absolute Gasteiger partial charge is 0.497 e. The van der Waals surface area contributed by atoms with Crippen molar-refractivity contribution >= 4 is 27.6 Å². The van der Waals surface area contributed by atoms with Crippen molar-refractivity contribution in [2.75, 3.05) is 26.0 Å². The second-order valence-electron chi connectivity index (χ2n) is 8.38. The quantitative estimate of drug-likeness (QED) is 0.408. The van der Waals surface area contributed by atoms with E-state index in [0.29, 0.717) is 12.1 Å². The number of rotatable bonds is 8. The molecule has 0 saturated heterocycles.